The van der Waals surface area contributed by atoms with Gasteiger partial charge in [-0.1, -0.05) is 34.1 Å². The lowest BCUT2D eigenvalue weighted by Gasteiger charge is -2.13. The molecule has 126 valence electrons. The normalized spacial score (nSPS) is 10.2. The van der Waals surface area contributed by atoms with Crippen molar-refractivity contribution in [2.75, 3.05) is 6.61 Å². The molecule has 0 aliphatic heterocycles. The second-order valence-electron chi connectivity index (χ2n) is 5.47. The van der Waals surface area contributed by atoms with E-state index in [0.717, 1.165) is 21.2 Å². The second-order valence-corrected chi connectivity index (χ2v) is 6.39. The van der Waals surface area contributed by atoms with E-state index in [0.29, 0.717) is 11.3 Å². The predicted molar refractivity (Wildman–Crippen MR) is 95.9 cm³/mol. The Morgan fingerprint density at radius 1 is 1.00 bits per heavy atom. The topological polar surface area (TPSA) is 67.4 Å². The monoisotopic (exact) mass is 390 g/mol. The van der Waals surface area contributed by atoms with Crippen LogP contribution in [0, 0.1) is 20.8 Å². The van der Waals surface area contributed by atoms with E-state index >= 15 is 0 Å². The maximum Gasteiger partial charge on any atom is 0.276 e. The zero-order chi connectivity index (χ0) is 17.7. The minimum absolute atomic E-state index is 0.183. The predicted octanol–water partition coefficient (Wildman–Crippen LogP) is 3.21. The van der Waals surface area contributed by atoms with Crippen molar-refractivity contribution in [1.29, 1.82) is 0 Å². The van der Waals surface area contributed by atoms with E-state index in [-0.39, 0.29) is 12.5 Å². The summed E-state index contributed by atoms with van der Waals surface area (Å²) in [6.07, 6.45) is 0. The Labute approximate surface area is 149 Å². The third kappa shape index (κ3) is 4.58. The van der Waals surface area contributed by atoms with E-state index in [1.807, 2.05) is 45.0 Å². The van der Waals surface area contributed by atoms with Crippen molar-refractivity contribution in [3.63, 3.8) is 0 Å². The number of hydrogen-bond acceptors (Lipinski definition) is 3. The first-order valence-electron chi connectivity index (χ1n) is 7.43. The van der Waals surface area contributed by atoms with Crippen LogP contribution in [-0.2, 0) is 4.79 Å². The highest BCUT2D eigenvalue weighted by molar-refractivity contribution is 9.10. The largest absolute Gasteiger partial charge is 0.483 e. The molecule has 0 saturated carbocycles. The Morgan fingerprint density at radius 3 is 2.25 bits per heavy atom. The lowest BCUT2D eigenvalue weighted by molar-refractivity contribution is -0.123. The number of benzene rings is 2. The van der Waals surface area contributed by atoms with Crippen molar-refractivity contribution >= 4 is 27.7 Å². The van der Waals surface area contributed by atoms with Crippen molar-refractivity contribution in [2.24, 2.45) is 0 Å². The molecule has 24 heavy (non-hydrogen) atoms. The van der Waals surface area contributed by atoms with Crippen molar-refractivity contribution in [1.82, 2.24) is 10.9 Å². The molecule has 0 unspecified atom stereocenters. The van der Waals surface area contributed by atoms with Gasteiger partial charge in [0.05, 0.1) is 0 Å². The summed E-state index contributed by atoms with van der Waals surface area (Å²) < 4.78 is 6.52. The fraction of sp³-hybridized carbons (Fsp3) is 0.222. The van der Waals surface area contributed by atoms with Gasteiger partial charge in [-0.2, -0.15) is 0 Å². The minimum atomic E-state index is -0.432. The van der Waals surface area contributed by atoms with Crippen molar-refractivity contribution in [3.8, 4) is 5.75 Å². The van der Waals surface area contributed by atoms with E-state index in [4.69, 9.17) is 4.74 Å². The number of aryl methyl sites for hydroxylation is 3. The molecule has 2 aromatic carbocycles. The molecule has 0 fully saturated rings. The van der Waals surface area contributed by atoms with Gasteiger partial charge >= 0.3 is 0 Å². The number of hydrazine groups is 1. The molecular formula is C18H19BrN2O3. The highest BCUT2D eigenvalue weighted by Gasteiger charge is 2.11. The maximum atomic E-state index is 12.0. The molecule has 0 saturated heterocycles. The van der Waals surface area contributed by atoms with Crippen LogP contribution in [-0.4, -0.2) is 18.4 Å². The maximum absolute atomic E-state index is 12.0. The molecule has 5 nitrogen and oxygen atoms in total. The molecule has 2 N–H and O–H groups in total. The van der Waals surface area contributed by atoms with Crippen LogP contribution in [0.1, 0.15) is 27.0 Å². The van der Waals surface area contributed by atoms with Gasteiger partial charge in [0.15, 0.2) is 6.61 Å². The summed E-state index contributed by atoms with van der Waals surface area (Å²) in [7, 11) is 0. The fourth-order valence-electron chi connectivity index (χ4n) is 2.32. The average Bonchev–Trinajstić information content (AvgIpc) is 2.52. The van der Waals surface area contributed by atoms with Crippen LogP contribution >= 0.6 is 15.9 Å². The molecule has 0 heterocycles. The van der Waals surface area contributed by atoms with Gasteiger partial charge in [0, 0.05) is 10.0 Å². The number of halogens is 1. The Hall–Kier alpha value is -2.34. The van der Waals surface area contributed by atoms with E-state index in [2.05, 4.69) is 26.8 Å². The van der Waals surface area contributed by atoms with Crippen LogP contribution in [0.5, 0.6) is 5.75 Å². The van der Waals surface area contributed by atoms with Crippen molar-refractivity contribution in [3.05, 3.63) is 63.1 Å². The van der Waals surface area contributed by atoms with Gasteiger partial charge in [-0.15, -0.1) is 0 Å². The smallest absolute Gasteiger partial charge is 0.276 e. The summed E-state index contributed by atoms with van der Waals surface area (Å²) in [5.41, 5.74) is 7.95. The number of amides is 2. The van der Waals surface area contributed by atoms with Crippen LogP contribution in [0.2, 0.25) is 0 Å². The van der Waals surface area contributed by atoms with Crippen LogP contribution in [0.4, 0.5) is 0 Å². The summed E-state index contributed by atoms with van der Waals surface area (Å²) in [5, 5.41) is 0. The third-order valence-electron chi connectivity index (χ3n) is 3.48. The summed E-state index contributed by atoms with van der Waals surface area (Å²) in [6, 6.07) is 11.0. The first-order valence-corrected chi connectivity index (χ1v) is 8.22. The lowest BCUT2D eigenvalue weighted by atomic mass is 10.1. The van der Waals surface area contributed by atoms with E-state index in [9.17, 15) is 9.59 Å². The highest BCUT2D eigenvalue weighted by Crippen LogP contribution is 2.27. The highest BCUT2D eigenvalue weighted by atomic mass is 79.9. The summed E-state index contributed by atoms with van der Waals surface area (Å²) in [6.45, 7) is 5.46. The van der Waals surface area contributed by atoms with Gasteiger partial charge in [0.1, 0.15) is 5.75 Å². The first kappa shape index (κ1) is 18.0. The van der Waals surface area contributed by atoms with Gasteiger partial charge in [-0.05, 0) is 55.7 Å². The summed E-state index contributed by atoms with van der Waals surface area (Å²) in [4.78, 5) is 23.9. The second kappa shape index (κ2) is 7.97. The SMILES string of the molecule is Cc1ccccc1C(=O)NNC(=O)COc1c(C)cc(Br)cc1C. The van der Waals surface area contributed by atoms with Crippen LogP contribution in [0.25, 0.3) is 0 Å². The van der Waals surface area contributed by atoms with Gasteiger partial charge in [0.25, 0.3) is 11.8 Å². The molecule has 2 amide bonds. The minimum Gasteiger partial charge on any atom is -0.483 e. The summed E-state index contributed by atoms with van der Waals surface area (Å²) >= 11 is 3.41. The summed E-state index contributed by atoms with van der Waals surface area (Å²) in [5.74, 6) is -0.130. The zero-order valence-corrected chi connectivity index (χ0v) is 15.4. The Kier molecular flexibility index (Phi) is 5.98. The number of hydrogen-bond donors (Lipinski definition) is 2. The number of nitrogens with one attached hydrogen (secondary N) is 2. The third-order valence-corrected chi connectivity index (χ3v) is 3.94. The standard InChI is InChI=1S/C18H19BrN2O3/c1-11-6-4-5-7-15(11)18(23)21-20-16(22)10-24-17-12(2)8-14(19)9-13(17)3/h4-9H,10H2,1-3H3,(H,20,22)(H,21,23). The van der Waals surface area contributed by atoms with Crippen LogP contribution < -0.4 is 15.6 Å². The molecule has 0 aromatic heterocycles. The molecule has 0 radical (unpaired) electrons. The van der Waals surface area contributed by atoms with Crippen LogP contribution in [0.3, 0.4) is 0 Å². The molecule has 0 aliphatic carbocycles. The molecular weight excluding hydrogens is 372 g/mol. The fourth-order valence-corrected chi connectivity index (χ4v) is 3.01. The van der Waals surface area contributed by atoms with Gasteiger partial charge < -0.3 is 4.74 Å². The molecule has 6 heteroatoms. The molecule has 2 rings (SSSR count). The van der Waals surface area contributed by atoms with Gasteiger partial charge in [0.2, 0.25) is 0 Å². The van der Waals surface area contributed by atoms with Gasteiger partial charge in [-0.25, -0.2) is 0 Å². The van der Waals surface area contributed by atoms with E-state index in [1.165, 1.54) is 0 Å². The van der Waals surface area contributed by atoms with E-state index < -0.39 is 5.91 Å². The molecule has 0 atom stereocenters. The molecule has 2 aromatic rings. The zero-order valence-electron chi connectivity index (χ0n) is 13.8. The Morgan fingerprint density at radius 2 is 1.62 bits per heavy atom. The lowest BCUT2D eigenvalue weighted by Crippen LogP contribution is -2.44. The van der Waals surface area contributed by atoms with Gasteiger partial charge in [-0.3, -0.25) is 20.4 Å². The van der Waals surface area contributed by atoms with E-state index in [1.54, 1.807) is 12.1 Å². The average molecular weight is 391 g/mol. The number of ether oxygens (including phenoxy) is 1. The Bertz CT molecular complexity index is 752. The molecule has 0 bridgehead atoms. The number of carbonyl (C=O) groups excluding carboxylic acids is 2. The van der Waals surface area contributed by atoms with Crippen molar-refractivity contribution in [2.45, 2.75) is 20.8 Å². The number of carbonyl (C=O) groups is 2. The first-order chi connectivity index (χ1) is 11.4. The molecule has 0 spiro atoms. The Balaban J connectivity index is 1.88. The van der Waals surface area contributed by atoms with Crippen LogP contribution in [0.15, 0.2) is 40.9 Å². The van der Waals surface area contributed by atoms with Crippen molar-refractivity contribution < 1.29 is 14.3 Å². The quantitative estimate of drug-likeness (QED) is 0.787. The molecule has 0 aliphatic rings. The number of rotatable bonds is 4.